The van der Waals surface area contributed by atoms with Gasteiger partial charge in [-0.15, -0.1) is 0 Å². The fourth-order valence-corrected chi connectivity index (χ4v) is 14.4. The number of aromatic nitrogens is 5. The Morgan fingerprint density at radius 2 is 0.762 bits per heavy atom. The van der Waals surface area contributed by atoms with Crippen LogP contribution in [0.25, 0.3) is 89.2 Å². The lowest BCUT2D eigenvalue weighted by molar-refractivity contribution is 0.893. The zero-order chi connectivity index (χ0) is 51.1. The van der Waals surface area contributed by atoms with Crippen molar-refractivity contribution in [2.45, 2.75) is 0 Å². The maximum absolute atomic E-state index is 10.7. The number of fused-ring (bicyclic) bond motifs is 11. The second kappa shape index (κ2) is 13.9. The summed E-state index contributed by atoms with van der Waals surface area (Å²) in [5.41, 5.74) is 2.06. The Labute approximate surface area is 380 Å². The van der Waals surface area contributed by atoms with E-state index in [2.05, 4.69) is 0 Å². The molecule has 9 aromatic carbocycles. The third kappa shape index (κ3) is 5.19. The summed E-state index contributed by atoms with van der Waals surface area (Å²) in [4.78, 5) is 15.6. The van der Waals surface area contributed by atoms with E-state index >= 15 is 0 Å². The van der Waals surface area contributed by atoms with E-state index < -0.39 is 74.5 Å². The monoisotopic (exact) mass is 830 g/mol. The number of hydrogen-bond acceptors (Lipinski definition) is 3. The summed E-state index contributed by atoms with van der Waals surface area (Å²) in [6.07, 6.45) is 0. The molecule has 0 amide bonds. The van der Waals surface area contributed by atoms with Crippen molar-refractivity contribution in [2.24, 2.45) is 0 Å². The van der Waals surface area contributed by atoms with Gasteiger partial charge in [0.25, 0.3) is 0 Å². The summed E-state index contributed by atoms with van der Waals surface area (Å²) in [6.45, 7) is 0. The molecular formula is C57H37N5Si. The molecule has 0 N–H and O–H groups in total. The predicted molar refractivity (Wildman–Crippen MR) is 262 cm³/mol. The van der Waals surface area contributed by atoms with E-state index in [0.29, 0.717) is 10.4 Å². The van der Waals surface area contributed by atoms with E-state index in [1.54, 1.807) is 36.4 Å². The van der Waals surface area contributed by atoms with E-state index in [9.17, 15) is 11.0 Å². The van der Waals surface area contributed by atoms with Crippen molar-refractivity contribution in [1.82, 2.24) is 24.1 Å². The first kappa shape index (κ1) is 26.2. The minimum atomic E-state index is -4.49. The first-order valence-electron chi connectivity index (χ1n) is 26.1. The molecule has 13 rings (SSSR count). The van der Waals surface area contributed by atoms with Gasteiger partial charge in [0.2, 0.25) is 11.9 Å². The van der Waals surface area contributed by atoms with E-state index in [0.717, 1.165) is 43.6 Å². The van der Waals surface area contributed by atoms with Crippen LogP contribution in [0.5, 0.6) is 0 Å². The van der Waals surface area contributed by atoms with Crippen LogP contribution >= 0.6 is 0 Å². The lowest BCUT2D eigenvalue weighted by Crippen LogP contribution is -2.75. The first-order chi connectivity index (χ1) is 35.9. The van der Waals surface area contributed by atoms with Crippen molar-refractivity contribution in [2.75, 3.05) is 0 Å². The highest BCUT2D eigenvalue weighted by atomic mass is 28.3. The maximum atomic E-state index is 10.7. The van der Waals surface area contributed by atoms with Gasteiger partial charge in [-0.1, -0.05) is 194 Å². The number of nitrogens with zero attached hydrogens (tertiary/aromatic N) is 5. The van der Waals surface area contributed by atoms with Gasteiger partial charge in [-0.2, -0.15) is 15.0 Å². The summed E-state index contributed by atoms with van der Waals surface area (Å²) in [7, 11) is -4.49. The summed E-state index contributed by atoms with van der Waals surface area (Å²) in [6, 6.07) is 43.3. The summed E-state index contributed by atoms with van der Waals surface area (Å²) >= 11 is 0. The van der Waals surface area contributed by atoms with Gasteiger partial charge in [0.05, 0.1) is 37.1 Å². The quantitative estimate of drug-likeness (QED) is 0.162. The highest BCUT2D eigenvalue weighted by Crippen LogP contribution is 2.39. The third-order valence-corrected chi connectivity index (χ3v) is 16.9. The van der Waals surface area contributed by atoms with Gasteiger partial charge in [-0.05, 0) is 73.3 Å². The van der Waals surface area contributed by atoms with Crippen molar-refractivity contribution >= 4 is 72.4 Å². The van der Waals surface area contributed by atoms with E-state index in [-0.39, 0.29) is 55.9 Å². The second-order valence-corrected chi connectivity index (χ2v) is 19.1. The van der Waals surface area contributed by atoms with Gasteiger partial charge in [-0.25, -0.2) is 0 Å². The molecule has 0 fully saturated rings. The van der Waals surface area contributed by atoms with Crippen molar-refractivity contribution in [1.29, 1.82) is 0 Å². The molecule has 0 aliphatic carbocycles. The Morgan fingerprint density at radius 3 is 1.25 bits per heavy atom. The summed E-state index contributed by atoms with van der Waals surface area (Å²) < 4.78 is 111. The normalized spacial score (nSPS) is 15.3. The van der Waals surface area contributed by atoms with Crippen molar-refractivity contribution < 1.29 is 15.1 Å². The third-order valence-electron chi connectivity index (χ3n) is 12.2. The van der Waals surface area contributed by atoms with E-state index in [1.807, 2.05) is 130 Å². The Bertz CT molecular complexity index is 4130. The minimum absolute atomic E-state index is 0.0356. The molecule has 0 atom stereocenters. The topological polar surface area (TPSA) is 48.5 Å². The number of hydrogen-bond donors (Lipinski definition) is 0. The molecule has 0 radical (unpaired) electrons. The van der Waals surface area contributed by atoms with Crippen LogP contribution in [0.15, 0.2) is 224 Å². The van der Waals surface area contributed by atoms with Crippen LogP contribution in [0, 0.1) is 0 Å². The molecule has 4 heterocycles. The molecule has 0 saturated heterocycles. The van der Waals surface area contributed by atoms with Crippen LogP contribution in [0.4, 0.5) is 0 Å². The van der Waals surface area contributed by atoms with Crippen LogP contribution in [0.3, 0.4) is 0 Å². The zero-order valence-corrected chi connectivity index (χ0v) is 34.2. The number of para-hydroxylation sites is 4. The Balaban J connectivity index is 1.26. The van der Waals surface area contributed by atoms with Crippen LogP contribution in [-0.2, 0) is 0 Å². The van der Waals surface area contributed by atoms with Gasteiger partial charge in [0.1, 0.15) is 0 Å². The lowest BCUT2D eigenvalue weighted by Gasteiger charge is -2.35. The fraction of sp³-hybridized carbons (Fsp3) is 0. The van der Waals surface area contributed by atoms with Crippen LogP contribution < -0.4 is 20.7 Å². The standard InChI is InChI=1S/C57H37N5Si/c1-3-19-39(20-4-1)63(40-21-5-2-6-22-40)53-34-18-13-29-47(53)41-23-7-8-24-42(41)48-37-38(35-36-54(48)63)55-58-56(61-49-30-14-9-25-43(49)44-26-10-15-31-50(44)61)60-57(59-55)62-51-32-16-11-27-45(51)46-28-12-17-33-52(46)62/h1-37H/i7D,8D,13D,18D,23D,24D,29D,34D,35D,36D,37D. The van der Waals surface area contributed by atoms with Crippen LogP contribution in [0.1, 0.15) is 15.1 Å². The highest BCUT2D eigenvalue weighted by molar-refractivity contribution is 7.21. The average molecular weight is 831 g/mol. The largest absolute Gasteiger partial charge is 0.278 e. The Hall–Kier alpha value is -8.19. The molecule has 0 spiro atoms. The fourth-order valence-electron chi connectivity index (χ4n) is 9.64. The van der Waals surface area contributed by atoms with Gasteiger partial charge in [-0.3, -0.25) is 9.13 Å². The SMILES string of the molecule is [2H]c1c([2H])c([2H])c2c(c1[2H])-c1c([2H])c([2H])c([2H])c([2H])c1[Si](c1ccccc1)(c1ccccc1)c1c([2H])c([2H])c(-c3nc(-n4c5ccccc5c5ccccc54)nc(-n4c5ccccc5c5ccccc54)n3)c([2H])c1-2. The number of rotatable bonds is 5. The lowest BCUT2D eigenvalue weighted by atomic mass is 9.94. The molecule has 0 unspecified atom stereocenters. The van der Waals surface area contributed by atoms with Crippen LogP contribution in [-0.4, -0.2) is 32.2 Å². The smallest absolute Gasteiger partial charge is 0.240 e. The number of benzene rings is 9. The zero-order valence-electron chi connectivity index (χ0n) is 44.2. The molecule has 5 nitrogen and oxygen atoms in total. The Kier molecular flexibility index (Phi) is 5.79. The van der Waals surface area contributed by atoms with Crippen LogP contribution in [0.2, 0.25) is 0 Å². The molecule has 6 heteroatoms. The molecule has 1 aliphatic rings. The summed E-state index contributed by atoms with van der Waals surface area (Å²) in [5.74, 6) is 0.112. The molecule has 294 valence electrons. The first-order valence-corrected chi connectivity index (χ1v) is 22.6. The molecule has 0 saturated carbocycles. The molecule has 12 aromatic rings. The van der Waals surface area contributed by atoms with Crippen molar-refractivity contribution in [3.05, 3.63) is 224 Å². The highest BCUT2D eigenvalue weighted by Gasteiger charge is 2.46. The molecule has 1 aliphatic heterocycles. The van der Waals surface area contributed by atoms with Crippen molar-refractivity contribution in [3.63, 3.8) is 0 Å². The molecule has 3 aromatic heterocycles. The van der Waals surface area contributed by atoms with Gasteiger partial charge < -0.3 is 0 Å². The maximum Gasteiger partial charge on any atom is 0.240 e. The van der Waals surface area contributed by atoms with Gasteiger partial charge >= 0.3 is 0 Å². The minimum Gasteiger partial charge on any atom is -0.278 e. The Morgan fingerprint density at radius 1 is 0.365 bits per heavy atom. The van der Waals surface area contributed by atoms with Crippen molar-refractivity contribution in [3.8, 4) is 45.5 Å². The molecule has 0 bridgehead atoms. The van der Waals surface area contributed by atoms with Gasteiger partial charge in [0, 0.05) is 27.1 Å². The van der Waals surface area contributed by atoms with Gasteiger partial charge in [0.15, 0.2) is 13.9 Å². The molecular weight excluding hydrogens is 783 g/mol. The molecule has 63 heavy (non-hydrogen) atoms. The van der Waals surface area contributed by atoms with E-state index in [4.69, 9.17) is 19.1 Å². The predicted octanol–water partition coefficient (Wildman–Crippen LogP) is 10.8. The summed E-state index contributed by atoms with van der Waals surface area (Å²) in [5, 5.41) is 4.84. The van der Waals surface area contributed by atoms with E-state index in [1.165, 1.54) is 0 Å². The average Bonchev–Trinajstić information content (AvgIpc) is 3.91. The second-order valence-electron chi connectivity index (χ2n) is 15.5.